The van der Waals surface area contributed by atoms with Crippen molar-refractivity contribution in [1.82, 2.24) is 24.7 Å². The van der Waals surface area contributed by atoms with Crippen LogP contribution in [0.4, 0.5) is 5.82 Å². The van der Waals surface area contributed by atoms with E-state index in [1.54, 1.807) is 7.11 Å². The number of fused-ring (bicyclic) bond motifs is 1. The molecule has 0 unspecified atom stereocenters. The van der Waals surface area contributed by atoms with E-state index < -0.39 is 5.76 Å². The minimum Gasteiger partial charge on any atom is -0.496 e. The van der Waals surface area contributed by atoms with Gasteiger partial charge in [-0.1, -0.05) is 41.0 Å². The number of aromatic amines is 1. The normalized spacial score (nSPS) is 11.1. The second kappa shape index (κ2) is 9.03. The van der Waals surface area contributed by atoms with E-state index in [0.717, 1.165) is 51.5 Å². The van der Waals surface area contributed by atoms with E-state index in [9.17, 15) is 4.79 Å². The highest BCUT2D eigenvalue weighted by molar-refractivity contribution is 6.31. The van der Waals surface area contributed by atoms with Crippen molar-refractivity contribution in [3.8, 4) is 28.4 Å². The van der Waals surface area contributed by atoms with Crippen molar-refractivity contribution in [2.75, 3.05) is 19.0 Å². The number of methoxy groups -OCH3 is 1. The summed E-state index contributed by atoms with van der Waals surface area (Å²) in [6, 6.07) is 15.3. The molecule has 0 saturated carbocycles. The Balaban J connectivity index is 1.30. The Bertz CT molecular complexity index is 1520. The zero-order valence-corrected chi connectivity index (χ0v) is 19.3. The van der Waals surface area contributed by atoms with E-state index >= 15 is 0 Å². The predicted octanol–water partition coefficient (Wildman–Crippen LogP) is 4.52. The van der Waals surface area contributed by atoms with Crippen LogP contribution in [-0.2, 0) is 6.54 Å². The van der Waals surface area contributed by atoms with Gasteiger partial charge in [-0.15, -0.1) is 0 Å². The zero-order chi connectivity index (χ0) is 23.7. The van der Waals surface area contributed by atoms with E-state index in [1.807, 2.05) is 42.5 Å². The lowest BCUT2D eigenvalue weighted by molar-refractivity contribution is 0.388. The first-order valence-electron chi connectivity index (χ1n) is 10.6. The fourth-order valence-electron chi connectivity index (χ4n) is 3.95. The number of aryl methyl sites for hydroxylation is 1. The van der Waals surface area contributed by atoms with Crippen LogP contribution in [0.5, 0.6) is 5.75 Å². The Hall–Kier alpha value is -4.11. The van der Waals surface area contributed by atoms with Crippen molar-refractivity contribution < 1.29 is 9.26 Å². The van der Waals surface area contributed by atoms with Gasteiger partial charge in [-0.25, -0.2) is 14.8 Å². The maximum atomic E-state index is 11.2. The Morgan fingerprint density at radius 2 is 1.91 bits per heavy atom. The van der Waals surface area contributed by atoms with Crippen LogP contribution >= 0.6 is 11.6 Å². The van der Waals surface area contributed by atoms with Gasteiger partial charge in [-0.2, -0.15) is 0 Å². The highest BCUT2D eigenvalue weighted by Crippen LogP contribution is 2.32. The third kappa shape index (κ3) is 4.25. The first kappa shape index (κ1) is 21.7. The number of nitrogens with zero attached hydrogens (tertiary/aromatic N) is 4. The van der Waals surface area contributed by atoms with Gasteiger partial charge in [0.2, 0.25) is 0 Å². The van der Waals surface area contributed by atoms with Crippen molar-refractivity contribution >= 4 is 28.3 Å². The van der Waals surface area contributed by atoms with Crippen LogP contribution in [0.25, 0.3) is 33.5 Å². The third-order valence-electron chi connectivity index (χ3n) is 5.58. The summed E-state index contributed by atoms with van der Waals surface area (Å²) in [5.74, 6) is 1.28. The summed E-state index contributed by atoms with van der Waals surface area (Å²) >= 11 is 6.29. The topological polar surface area (TPSA) is 111 Å². The number of hydrogen-bond acceptors (Lipinski definition) is 7. The average Bonchev–Trinajstić information content (AvgIpc) is 3.42. The molecule has 0 spiro atoms. The van der Waals surface area contributed by atoms with E-state index in [1.165, 1.54) is 6.33 Å². The summed E-state index contributed by atoms with van der Waals surface area (Å²) in [7, 11) is 1.65. The molecular formula is C24H21ClN6O3. The van der Waals surface area contributed by atoms with Crippen LogP contribution in [0, 0.1) is 6.92 Å². The summed E-state index contributed by atoms with van der Waals surface area (Å²) in [5, 5.41) is 8.74. The first-order chi connectivity index (χ1) is 16.5. The van der Waals surface area contributed by atoms with Crippen LogP contribution in [0.3, 0.4) is 0 Å². The van der Waals surface area contributed by atoms with Gasteiger partial charge in [0, 0.05) is 46.4 Å². The Morgan fingerprint density at radius 3 is 2.65 bits per heavy atom. The molecule has 0 bridgehead atoms. The van der Waals surface area contributed by atoms with Crippen molar-refractivity contribution in [2.24, 2.45) is 0 Å². The highest BCUT2D eigenvalue weighted by atomic mass is 35.5. The first-order valence-corrected chi connectivity index (χ1v) is 11.0. The van der Waals surface area contributed by atoms with Gasteiger partial charge in [0.05, 0.1) is 18.3 Å². The lowest BCUT2D eigenvalue weighted by Gasteiger charge is -2.11. The number of H-pyrrole nitrogens is 1. The lowest BCUT2D eigenvalue weighted by atomic mass is 10.1. The fraction of sp³-hybridized carbons (Fsp3) is 0.167. The minimum atomic E-state index is -0.587. The summed E-state index contributed by atoms with van der Waals surface area (Å²) in [6.07, 6.45) is 1.53. The molecule has 0 aliphatic carbocycles. The Labute approximate surface area is 199 Å². The van der Waals surface area contributed by atoms with Gasteiger partial charge in [-0.3, -0.25) is 9.51 Å². The molecule has 172 valence electrons. The number of halogens is 1. The Morgan fingerprint density at radius 1 is 1.12 bits per heavy atom. The maximum Gasteiger partial charge on any atom is 0.439 e. The molecule has 2 N–H and O–H groups in total. The van der Waals surface area contributed by atoms with Crippen LogP contribution in [0.15, 0.2) is 64.2 Å². The minimum absolute atomic E-state index is 0.383. The molecule has 2 aromatic carbocycles. The van der Waals surface area contributed by atoms with Crippen molar-refractivity contribution in [1.29, 1.82) is 0 Å². The molecule has 5 aromatic rings. The Kier molecular flexibility index (Phi) is 5.77. The van der Waals surface area contributed by atoms with Gasteiger partial charge >= 0.3 is 5.76 Å². The second-order valence-electron chi connectivity index (χ2n) is 7.71. The lowest BCUT2D eigenvalue weighted by Crippen LogP contribution is -2.12. The molecule has 3 aromatic heterocycles. The third-order valence-corrected chi connectivity index (χ3v) is 5.80. The number of nitrogens with one attached hydrogen (secondary N) is 2. The van der Waals surface area contributed by atoms with E-state index in [0.29, 0.717) is 17.4 Å². The summed E-state index contributed by atoms with van der Waals surface area (Å²) in [4.78, 5) is 22.4. The van der Waals surface area contributed by atoms with E-state index in [2.05, 4.69) is 47.5 Å². The van der Waals surface area contributed by atoms with E-state index in [4.69, 9.17) is 16.3 Å². The van der Waals surface area contributed by atoms with Crippen LogP contribution < -0.4 is 15.8 Å². The van der Waals surface area contributed by atoms with Crippen molar-refractivity contribution in [3.05, 3.63) is 76.1 Å². The standard InChI is InChI=1S/C24H21ClN6O3/c1-14-9-18-20(10-17(25)11-21(18)33-2)31(14)8-7-26-22-12-19(27-13-28-22)15-3-5-16(6-4-15)23-29-24(32)34-30-23/h3-6,9-13H,7-8H2,1-2H3,(H,26,27,28)(H,29,30,32). The van der Waals surface area contributed by atoms with Gasteiger partial charge < -0.3 is 14.6 Å². The van der Waals surface area contributed by atoms with Gasteiger partial charge in [-0.05, 0) is 25.1 Å². The molecule has 0 amide bonds. The number of ether oxygens (including phenoxy) is 1. The second-order valence-corrected chi connectivity index (χ2v) is 8.15. The molecule has 0 radical (unpaired) electrons. The molecule has 5 rings (SSSR count). The molecular weight excluding hydrogens is 456 g/mol. The predicted molar refractivity (Wildman–Crippen MR) is 130 cm³/mol. The molecule has 0 saturated heterocycles. The number of benzene rings is 2. The molecule has 10 heteroatoms. The summed E-state index contributed by atoms with van der Waals surface area (Å²) < 4.78 is 12.2. The molecule has 0 aliphatic rings. The largest absolute Gasteiger partial charge is 0.496 e. The molecule has 9 nitrogen and oxygen atoms in total. The number of anilines is 1. The number of aromatic nitrogens is 5. The monoisotopic (exact) mass is 476 g/mol. The fourth-order valence-corrected chi connectivity index (χ4v) is 4.15. The number of hydrogen-bond donors (Lipinski definition) is 2. The van der Waals surface area contributed by atoms with Gasteiger partial charge in [0.1, 0.15) is 17.9 Å². The van der Waals surface area contributed by atoms with Gasteiger partial charge in [0.15, 0.2) is 5.82 Å². The average molecular weight is 477 g/mol. The molecule has 34 heavy (non-hydrogen) atoms. The van der Waals surface area contributed by atoms with Crippen LogP contribution in [0.2, 0.25) is 5.02 Å². The SMILES string of the molecule is COc1cc(Cl)cc2c1cc(C)n2CCNc1cc(-c2ccc(-c3noc(=O)[nH]3)cc2)ncn1. The van der Waals surface area contributed by atoms with E-state index in [-0.39, 0.29) is 0 Å². The maximum absolute atomic E-state index is 11.2. The summed E-state index contributed by atoms with van der Waals surface area (Å²) in [6.45, 7) is 3.45. The van der Waals surface area contributed by atoms with Crippen molar-refractivity contribution in [2.45, 2.75) is 13.5 Å². The molecule has 0 fully saturated rings. The van der Waals surface area contributed by atoms with Crippen LogP contribution in [-0.4, -0.2) is 38.3 Å². The highest BCUT2D eigenvalue weighted by Gasteiger charge is 2.12. The van der Waals surface area contributed by atoms with Crippen LogP contribution in [0.1, 0.15) is 5.69 Å². The molecule has 0 aliphatic heterocycles. The molecule has 3 heterocycles. The number of rotatable bonds is 7. The summed E-state index contributed by atoms with van der Waals surface area (Å²) in [5.41, 5.74) is 4.58. The zero-order valence-electron chi connectivity index (χ0n) is 18.5. The van der Waals surface area contributed by atoms with Crippen molar-refractivity contribution in [3.63, 3.8) is 0 Å². The molecule has 0 atom stereocenters. The van der Waals surface area contributed by atoms with Gasteiger partial charge in [0.25, 0.3) is 0 Å². The quantitative estimate of drug-likeness (QED) is 0.355. The smallest absolute Gasteiger partial charge is 0.439 e.